The normalized spacial score (nSPS) is 11.7. The van der Waals surface area contributed by atoms with Gasteiger partial charge in [0, 0.05) is 0 Å². The summed E-state index contributed by atoms with van der Waals surface area (Å²) in [5, 5.41) is 12.8. The first-order chi connectivity index (χ1) is 8.47. The van der Waals surface area contributed by atoms with Crippen molar-refractivity contribution in [1.82, 2.24) is 15.3 Å². The largest absolute Gasteiger partial charge is 0.464 e. The third-order valence-corrected chi connectivity index (χ3v) is 2.00. The molecule has 2 N–H and O–H groups in total. The molecule has 0 bridgehead atoms. The minimum atomic E-state index is -0.909. The van der Waals surface area contributed by atoms with Crippen molar-refractivity contribution in [2.45, 2.75) is 19.9 Å². The highest BCUT2D eigenvalue weighted by molar-refractivity contribution is 5.97. The maximum absolute atomic E-state index is 11.6. The number of esters is 1. The Bertz CT molecular complexity index is 469. The number of hydrogen-bond acceptors (Lipinski definition) is 6. The molecule has 1 heterocycles. The number of amides is 1. The molecular weight excluding hydrogens is 244 g/mol. The molecular formula is C9H12N4O5. The van der Waals surface area contributed by atoms with Gasteiger partial charge in [-0.15, -0.1) is 0 Å². The van der Waals surface area contributed by atoms with Gasteiger partial charge in [-0.2, -0.15) is 0 Å². The summed E-state index contributed by atoms with van der Waals surface area (Å²) in [5.74, 6) is -1.96. The highest BCUT2D eigenvalue weighted by atomic mass is 16.6. The van der Waals surface area contributed by atoms with Crippen molar-refractivity contribution in [2.75, 3.05) is 6.61 Å². The fraction of sp³-hybridized carbons (Fsp3) is 0.444. The van der Waals surface area contributed by atoms with Gasteiger partial charge in [-0.1, -0.05) is 0 Å². The number of rotatable bonds is 5. The summed E-state index contributed by atoms with van der Waals surface area (Å²) in [4.78, 5) is 38.5. The summed E-state index contributed by atoms with van der Waals surface area (Å²) < 4.78 is 4.68. The molecule has 0 spiro atoms. The molecule has 1 aromatic heterocycles. The van der Waals surface area contributed by atoms with Gasteiger partial charge in [-0.3, -0.25) is 4.79 Å². The maximum Gasteiger partial charge on any atom is 0.353 e. The number of imidazole rings is 1. The zero-order valence-electron chi connectivity index (χ0n) is 9.80. The first kappa shape index (κ1) is 13.6. The number of nitrogens with one attached hydrogen (secondary N) is 2. The third-order valence-electron chi connectivity index (χ3n) is 2.00. The zero-order chi connectivity index (χ0) is 13.7. The number of carbonyl (C=O) groups is 2. The average Bonchev–Trinajstić information content (AvgIpc) is 2.78. The number of hydrogen-bond donors (Lipinski definition) is 2. The first-order valence-corrected chi connectivity index (χ1v) is 5.12. The van der Waals surface area contributed by atoms with Crippen LogP contribution in [0.3, 0.4) is 0 Å². The van der Waals surface area contributed by atoms with Crippen molar-refractivity contribution < 1.29 is 19.2 Å². The van der Waals surface area contributed by atoms with E-state index in [9.17, 15) is 19.7 Å². The Labute approximate surface area is 102 Å². The second-order valence-corrected chi connectivity index (χ2v) is 3.30. The minimum absolute atomic E-state index is 0.182. The number of carbonyl (C=O) groups excluding carboxylic acids is 2. The van der Waals surface area contributed by atoms with Gasteiger partial charge < -0.3 is 20.2 Å². The van der Waals surface area contributed by atoms with Crippen molar-refractivity contribution in [1.29, 1.82) is 0 Å². The fourth-order valence-corrected chi connectivity index (χ4v) is 1.18. The lowest BCUT2D eigenvalue weighted by atomic mass is 10.3. The molecule has 1 rings (SSSR count). The molecule has 1 amide bonds. The predicted octanol–water partition coefficient (Wildman–Crippen LogP) is -0.000700. The van der Waals surface area contributed by atoms with Crippen molar-refractivity contribution >= 4 is 17.7 Å². The molecule has 1 aromatic rings. The Morgan fingerprint density at radius 1 is 1.67 bits per heavy atom. The molecule has 18 heavy (non-hydrogen) atoms. The molecule has 0 aromatic carbocycles. The highest BCUT2D eigenvalue weighted by Crippen LogP contribution is 2.11. The Hall–Kier alpha value is -2.45. The lowest BCUT2D eigenvalue weighted by Gasteiger charge is -2.11. The van der Waals surface area contributed by atoms with E-state index in [0.717, 1.165) is 6.33 Å². The van der Waals surface area contributed by atoms with Gasteiger partial charge in [0.15, 0.2) is 6.33 Å². The van der Waals surface area contributed by atoms with E-state index < -0.39 is 28.7 Å². The number of nitro groups is 1. The van der Waals surface area contributed by atoms with E-state index in [2.05, 4.69) is 20.0 Å². The molecule has 0 radical (unpaired) electrons. The molecule has 0 saturated heterocycles. The Morgan fingerprint density at radius 2 is 2.33 bits per heavy atom. The molecule has 0 saturated carbocycles. The van der Waals surface area contributed by atoms with Crippen molar-refractivity contribution in [3.63, 3.8) is 0 Å². The van der Waals surface area contributed by atoms with Crippen LogP contribution in [0.15, 0.2) is 6.33 Å². The quantitative estimate of drug-likeness (QED) is 0.433. The van der Waals surface area contributed by atoms with Crippen LogP contribution in [0.2, 0.25) is 0 Å². The van der Waals surface area contributed by atoms with Gasteiger partial charge in [-0.25, -0.2) is 14.8 Å². The van der Waals surface area contributed by atoms with Crippen LogP contribution in [0.25, 0.3) is 0 Å². The standard InChI is InChI=1S/C9H12N4O5/c1-3-18-9(15)5(2)12-8(14)6-7(13(16)17)11-4-10-6/h4-5H,3H2,1-2H3,(H,10,11)(H,12,14)/t5-/m0/s1. The summed E-state index contributed by atoms with van der Waals surface area (Å²) >= 11 is 0. The average molecular weight is 256 g/mol. The van der Waals surface area contributed by atoms with Gasteiger partial charge in [-0.05, 0) is 18.8 Å². The van der Waals surface area contributed by atoms with Gasteiger partial charge in [0.2, 0.25) is 5.69 Å². The fourth-order valence-electron chi connectivity index (χ4n) is 1.18. The molecule has 0 fully saturated rings. The van der Waals surface area contributed by atoms with Gasteiger partial charge >= 0.3 is 11.8 Å². The van der Waals surface area contributed by atoms with E-state index in [1.54, 1.807) is 6.92 Å². The lowest BCUT2D eigenvalue weighted by molar-refractivity contribution is -0.389. The number of aromatic nitrogens is 2. The van der Waals surface area contributed by atoms with Crippen LogP contribution in [0.5, 0.6) is 0 Å². The van der Waals surface area contributed by atoms with Gasteiger partial charge in [0.25, 0.3) is 5.91 Å². The Morgan fingerprint density at radius 3 is 2.89 bits per heavy atom. The Balaban J connectivity index is 2.74. The van der Waals surface area contributed by atoms with Gasteiger partial charge in [0.1, 0.15) is 6.04 Å². The number of nitrogens with zero attached hydrogens (tertiary/aromatic N) is 2. The Kier molecular flexibility index (Phi) is 4.35. The third kappa shape index (κ3) is 3.03. The molecule has 0 aliphatic carbocycles. The van der Waals surface area contributed by atoms with Crippen molar-refractivity contribution in [3.8, 4) is 0 Å². The lowest BCUT2D eigenvalue weighted by Crippen LogP contribution is -2.39. The van der Waals surface area contributed by atoms with E-state index in [4.69, 9.17) is 0 Å². The predicted molar refractivity (Wildman–Crippen MR) is 58.8 cm³/mol. The zero-order valence-corrected chi connectivity index (χ0v) is 9.80. The van der Waals surface area contributed by atoms with E-state index >= 15 is 0 Å². The summed E-state index contributed by atoms with van der Waals surface area (Å²) in [6.45, 7) is 3.22. The molecule has 0 aliphatic heterocycles. The van der Waals surface area contributed by atoms with E-state index in [-0.39, 0.29) is 12.3 Å². The summed E-state index contributed by atoms with van der Waals surface area (Å²) in [6.07, 6.45) is 1.03. The van der Waals surface area contributed by atoms with Gasteiger partial charge in [0.05, 0.1) is 6.61 Å². The molecule has 9 heteroatoms. The number of H-pyrrole nitrogens is 1. The second kappa shape index (κ2) is 5.75. The van der Waals surface area contributed by atoms with E-state index in [1.165, 1.54) is 6.92 Å². The number of aromatic amines is 1. The van der Waals surface area contributed by atoms with Crippen LogP contribution in [-0.4, -0.2) is 39.4 Å². The SMILES string of the molecule is CCOC(=O)[C@H](C)NC(=O)c1nc[nH]c1[N+](=O)[O-]. The van der Waals surface area contributed by atoms with E-state index in [0.29, 0.717) is 0 Å². The molecule has 1 atom stereocenters. The van der Waals surface area contributed by atoms with Crippen LogP contribution in [0.4, 0.5) is 5.82 Å². The van der Waals surface area contributed by atoms with E-state index in [1.807, 2.05) is 0 Å². The molecule has 0 unspecified atom stereocenters. The van der Waals surface area contributed by atoms with Crippen molar-refractivity contribution in [3.05, 3.63) is 22.1 Å². The topological polar surface area (TPSA) is 127 Å². The second-order valence-electron chi connectivity index (χ2n) is 3.30. The van der Waals surface area contributed by atoms with Crippen LogP contribution in [0, 0.1) is 10.1 Å². The summed E-state index contributed by atoms with van der Waals surface area (Å²) in [6, 6.07) is -0.909. The smallest absolute Gasteiger partial charge is 0.353 e. The highest BCUT2D eigenvalue weighted by Gasteiger charge is 2.25. The number of ether oxygens (including phenoxy) is 1. The summed E-state index contributed by atoms with van der Waals surface area (Å²) in [5.41, 5.74) is -0.379. The summed E-state index contributed by atoms with van der Waals surface area (Å²) in [7, 11) is 0. The van der Waals surface area contributed by atoms with Crippen LogP contribution < -0.4 is 5.32 Å². The van der Waals surface area contributed by atoms with Crippen LogP contribution >= 0.6 is 0 Å². The monoisotopic (exact) mass is 256 g/mol. The van der Waals surface area contributed by atoms with Crippen LogP contribution in [-0.2, 0) is 9.53 Å². The molecule has 98 valence electrons. The molecule has 9 nitrogen and oxygen atoms in total. The minimum Gasteiger partial charge on any atom is -0.464 e. The van der Waals surface area contributed by atoms with Crippen LogP contribution in [0.1, 0.15) is 24.3 Å². The van der Waals surface area contributed by atoms with Crippen molar-refractivity contribution in [2.24, 2.45) is 0 Å². The first-order valence-electron chi connectivity index (χ1n) is 5.12. The maximum atomic E-state index is 11.6. The molecule has 0 aliphatic rings.